The fourth-order valence-electron chi connectivity index (χ4n) is 2.50. The lowest BCUT2D eigenvalue weighted by molar-refractivity contribution is 0.0729. The molecule has 0 saturated heterocycles. The molecule has 0 aromatic heterocycles. The summed E-state index contributed by atoms with van der Waals surface area (Å²) < 4.78 is 21.1. The Morgan fingerprint density at radius 2 is 0.964 bits per heavy atom. The maximum atomic E-state index is 12.5. The Kier molecular flexibility index (Phi) is 5.91. The van der Waals surface area contributed by atoms with E-state index in [9.17, 15) is 9.59 Å². The van der Waals surface area contributed by atoms with Gasteiger partial charge in [0.05, 0.1) is 25.3 Å². The highest BCUT2D eigenvalue weighted by Crippen LogP contribution is 2.28. The zero-order chi connectivity index (χ0) is 19.9. The number of benzene rings is 3. The van der Waals surface area contributed by atoms with Crippen molar-refractivity contribution < 1.29 is 28.5 Å². The lowest BCUT2D eigenvalue weighted by Crippen LogP contribution is -2.13. The SMILES string of the molecule is COc1ccccc1OC(=O)c1cccc(C(=O)Oc2ccccc2OC)c1. The molecule has 3 aromatic carbocycles. The van der Waals surface area contributed by atoms with Gasteiger partial charge in [0.1, 0.15) is 0 Å². The summed E-state index contributed by atoms with van der Waals surface area (Å²) in [6, 6.07) is 19.7. The van der Waals surface area contributed by atoms with Crippen molar-refractivity contribution in [3.8, 4) is 23.0 Å². The van der Waals surface area contributed by atoms with E-state index in [0.717, 1.165) is 0 Å². The van der Waals surface area contributed by atoms with E-state index in [-0.39, 0.29) is 22.6 Å². The quantitative estimate of drug-likeness (QED) is 0.474. The number of rotatable bonds is 6. The fraction of sp³-hybridized carbons (Fsp3) is 0.0909. The maximum Gasteiger partial charge on any atom is 0.343 e. The molecule has 0 N–H and O–H groups in total. The van der Waals surface area contributed by atoms with Crippen LogP contribution in [0.3, 0.4) is 0 Å². The number of methoxy groups -OCH3 is 2. The molecule has 6 heteroatoms. The zero-order valence-corrected chi connectivity index (χ0v) is 15.4. The number of ether oxygens (including phenoxy) is 4. The fourth-order valence-corrected chi connectivity index (χ4v) is 2.50. The third-order valence-corrected chi connectivity index (χ3v) is 3.88. The molecule has 0 saturated carbocycles. The molecule has 0 aliphatic carbocycles. The molecule has 3 aromatic rings. The molecule has 0 heterocycles. The molecule has 0 unspecified atom stereocenters. The molecule has 6 nitrogen and oxygen atoms in total. The molecule has 0 amide bonds. The van der Waals surface area contributed by atoms with Gasteiger partial charge in [-0.05, 0) is 42.5 Å². The first kappa shape index (κ1) is 19.0. The van der Waals surface area contributed by atoms with E-state index in [1.54, 1.807) is 66.7 Å². The summed E-state index contributed by atoms with van der Waals surface area (Å²) in [5, 5.41) is 0. The Bertz CT molecular complexity index is 919. The predicted molar refractivity (Wildman–Crippen MR) is 102 cm³/mol. The molecule has 0 radical (unpaired) electrons. The summed E-state index contributed by atoms with van der Waals surface area (Å²) in [5.74, 6) is 0.215. The highest BCUT2D eigenvalue weighted by Gasteiger charge is 2.16. The summed E-state index contributed by atoms with van der Waals surface area (Å²) in [6.07, 6.45) is 0. The molecule has 0 aliphatic heterocycles. The van der Waals surface area contributed by atoms with Crippen molar-refractivity contribution in [2.45, 2.75) is 0 Å². The van der Waals surface area contributed by atoms with Crippen LogP contribution in [0.25, 0.3) is 0 Å². The van der Waals surface area contributed by atoms with Crippen LogP contribution in [0.15, 0.2) is 72.8 Å². The molecule has 0 fully saturated rings. The summed E-state index contributed by atoms with van der Waals surface area (Å²) in [6.45, 7) is 0. The van der Waals surface area contributed by atoms with Crippen LogP contribution >= 0.6 is 0 Å². The predicted octanol–water partition coefficient (Wildman–Crippen LogP) is 4.14. The van der Waals surface area contributed by atoms with E-state index in [4.69, 9.17) is 18.9 Å². The third kappa shape index (κ3) is 4.29. The Hall–Kier alpha value is -3.80. The molecule has 142 valence electrons. The van der Waals surface area contributed by atoms with E-state index in [1.165, 1.54) is 20.3 Å². The number of esters is 2. The number of hydrogen-bond acceptors (Lipinski definition) is 6. The Balaban J connectivity index is 1.78. The van der Waals surface area contributed by atoms with Crippen LogP contribution < -0.4 is 18.9 Å². The lowest BCUT2D eigenvalue weighted by Gasteiger charge is -2.10. The van der Waals surface area contributed by atoms with Gasteiger partial charge in [0.2, 0.25) is 0 Å². The first-order valence-corrected chi connectivity index (χ1v) is 8.43. The van der Waals surface area contributed by atoms with Crippen molar-refractivity contribution >= 4 is 11.9 Å². The highest BCUT2D eigenvalue weighted by atomic mass is 16.6. The van der Waals surface area contributed by atoms with Crippen LogP contribution in [0.4, 0.5) is 0 Å². The number of para-hydroxylation sites is 4. The topological polar surface area (TPSA) is 71.1 Å². The minimum Gasteiger partial charge on any atom is -0.493 e. The van der Waals surface area contributed by atoms with Crippen LogP contribution in [-0.4, -0.2) is 26.2 Å². The number of carbonyl (C=O) groups excluding carboxylic acids is 2. The lowest BCUT2D eigenvalue weighted by atomic mass is 10.1. The van der Waals surface area contributed by atoms with Crippen LogP contribution in [0.1, 0.15) is 20.7 Å². The average molecular weight is 378 g/mol. The van der Waals surface area contributed by atoms with Gasteiger partial charge < -0.3 is 18.9 Å². The van der Waals surface area contributed by atoms with Crippen LogP contribution in [0.2, 0.25) is 0 Å². The molecular formula is C22H18O6. The standard InChI is InChI=1S/C22H18O6/c1-25-17-10-3-5-12-19(17)27-21(23)15-8-7-9-16(14-15)22(24)28-20-13-6-4-11-18(20)26-2/h3-14H,1-2H3. The van der Waals surface area contributed by atoms with Crippen molar-refractivity contribution in [1.82, 2.24) is 0 Å². The van der Waals surface area contributed by atoms with E-state index in [0.29, 0.717) is 11.5 Å². The van der Waals surface area contributed by atoms with Crippen LogP contribution in [0.5, 0.6) is 23.0 Å². The minimum absolute atomic E-state index is 0.209. The molecule has 0 atom stereocenters. The van der Waals surface area contributed by atoms with Crippen molar-refractivity contribution in [1.29, 1.82) is 0 Å². The van der Waals surface area contributed by atoms with E-state index >= 15 is 0 Å². The second-order valence-electron chi connectivity index (χ2n) is 5.66. The highest BCUT2D eigenvalue weighted by molar-refractivity contribution is 5.97. The van der Waals surface area contributed by atoms with Crippen molar-refractivity contribution in [3.63, 3.8) is 0 Å². The number of carbonyl (C=O) groups is 2. The molecule has 28 heavy (non-hydrogen) atoms. The largest absolute Gasteiger partial charge is 0.493 e. The van der Waals surface area contributed by atoms with Gasteiger partial charge in [-0.3, -0.25) is 0 Å². The Morgan fingerprint density at radius 1 is 0.571 bits per heavy atom. The summed E-state index contributed by atoms with van der Waals surface area (Å²) in [5.41, 5.74) is 0.417. The van der Waals surface area contributed by atoms with Gasteiger partial charge in [0, 0.05) is 0 Å². The Labute approximate surface area is 162 Å². The first-order valence-electron chi connectivity index (χ1n) is 8.43. The molecular weight excluding hydrogens is 360 g/mol. The third-order valence-electron chi connectivity index (χ3n) is 3.88. The summed E-state index contributed by atoms with van der Waals surface area (Å²) in [4.78, 5) is 24.9. The Morgan fingerprint density at radius 3 is 1.36 bits per heavy atom. The van der Waals surface area contributed by atoms with Crippen LogP contribution in [-0.2, 0) is 0 Å². The number of hydrogen-bond donors (Lipinski definition) is 0. The molecule has 3 rings (SSSR count). The normalized spacial score (nSPS) is 10.1. The summed E-state index contributed by atoms with van der Waals surface area (Å²) in [7, 11) is 2.97. The molecule has 0 aliphatic rings. The van der Waals surface area contributed by atoms with Gasteiger partial charge in [-0.15, -0.1) is 0 Å². The first-order chi connectivity index (χ1) is 13.6. The second kappa shape index (κ2) is 8.73. The van der Waals surface area contributed by atoms with Gasteiger partial charge in [-0.2, -0.15) is 0 Å². The maximum absolute atomic E-state index is 12.5. The molecule has 0 bridgehead atoms. The van der Waals surface area contributed by atoms with Gasteiger partial charge >= 0.3 is 11.9 Å². The minimum atomic E-state index is -0.614. The van der Waals surface area contributed by atoms with Crippen molar-refractivity contribution in [2.75, 3.05) is 14.2 Å². The smallest absolute Gasteiger partial charge is 0.343 e. The monoisotopic (exact) mass is 378 g/mol. The van der Waals surface area contributed by atoms with Gasteiger partial charge in [-0.25, -0.2) is 9.59 Å². The van der Waals surface area contributed by atoms with Crippen LogP contribution in [0, 0.1) is 0 Å². The summed E-state index contributed by atoms with van der Waals surface area (Å²) >= 11 is 0. The van der Waals surface area contributed by atoms with Crippen molar-refractivity contribution in [2.24, 2.45) is 0 Å². The van der Waals surface area contributed by atoms with Gasteiger partial charge in [0.15, 0.2) is 23.0 Å². The van der Waals surface area contributed by atoms with E-state index < -0.39 is 11.9 Å². The van der Waals surface area contributed by atoms with E-state index in [2.05, 4.69) is 0 Å². The zero-order valence-electron chi connectivity index (χ0n) is 15.4. The second-order valence-corrected chi connectivity index (χ2v) is 5.66. The van der Waals surface area contributed by atoms with Gasteiger partial charge in [0.25, 0.3) is 0 Å². The average Bonchev–Trinajstić information content (AvgIpc) is 2.74. The molecule has 0 spiro atoms. The van der Waals surface area contributed by atoms with E-state index in [1.807, 2.05) is 0 Å². The van der Waals surface area contributed by atoms with Gasteiger partial charge in [-0.1, -0.05) is 30.3 Å². The van der Waals surface area contributed by atoms with Crippen molar-refractivity contribution in [3.05, 3.63) is 83.9 Å².